The average molecular weight is 406 g/mol. The summed E-state index contributed by atoms with van der Waals surface area (Å²) in [6.07, 6.45) is 1.99. The van der Waals surface area contributed by atoms with Crippen molar-refractivity contribution in [1.82, 2.24) is 5.32 Å². The Labute approximate surface area is 167 Å². The molecule has 6 nitrogen and oxygen atoms in total. The maximum Gasteiger partial charge on any atom is 0.306 e. The molecule has 2 aromatic rings. The molecule has 0 aliphatic carbocycles. The van der Waals surface area contributed by atoms with E-state index in [0.29, 0.717) is 26.0 Å². The molecule has 0 fully saturated rings. The second kappa shape index (κ2) is 10.8. The van der Waals surface area contributed by atoms with E-state index < -0.39 is 10.1 Å². The van der Waals surface area contributed by atoms with E-state index in [4.69, 9.17) is 8.92 Å². The van der Waals surface area contributed by atoms with Crippen molar-refractivity contribution < 1.29 is 22.1 Å². The Morgan fingerprint density at radius 3 is 2.32 bits per heavy atom. The summed E-state index contributed by atoms with van der Waals surface area (Å²) in [5, 5.41) is 3.40. The quantitative estimate of drug-likeness (QED) is 0.457. The topological polar surface area (TPSA) is 81.7 Å². The fourth-order valence-corrected chi connectivity index (χ4v) is 3.34. The molecule has 0 bridgehead atoms. The molecule has 0 spiro atoms. The lowest BCUT2D eigenvalue weighted by atomic mass is 9.96. The van der Waals surface area contributed by atoms with Crippen LogP contribution in [0.4, 0.5) is 0 Å². The Bertz CT molecular complexity index is 835. The smallest absolute Gasteiger partial charge is 0.306 e. The second-order valence-corrected chi connectivity index (χ2v) is 8.20. The molecule has 2 aromatic carbocycles. The molecule has 0 amide bonds. The van der Waals surface area contributed by atoms with Gasteiger partial charge in [0.25, 0.3) is 0 Å². The number of hydrogen-bond donors (Lipinski definition) is 1. The molecule has 1 atom stereocenters. The van der Waals surface area contributed by atoms with Gasteiger partial charge in [0, 0.05) is 13.0 Å². The Hall–Kier alpha value is -2.38. The standard InChI is InChI=1S/C21H27NO5S/c1-3-26-21(23)14-19(16-22-15-18-7-5-4-6-8-18)13-17-9-11-20(12-10-17)27-28(2,24)25/h4-12,19,22H,3,13-16H2,1-2H3. The Kier molecular flexibility index (Phi) is 8.47. The lowest BCUT2D eigenvalue weighted by molar-refractivity contribution is -0.144. The molecular formula is C21H27NO5S. The van der Waals surface area contributed by atoms with Gasteiger partial charge >= 0.3 is 16.1 Å². The minimum atomic E-state index is -3.54. The van der Waals surface area contributed by atoms with E-state index in [9.17, 15) is 13.2 Å². The first-order valence-electron chi connectivity index (χ1n) is 9.24. The zero-order chi connectivity index (χ0) is 20.4. The highest BCUT2D eigenvalue weighted by Gasteiger charge is 2.16. The highest BCUT2D eigenvalue weighted by atomic mass is 32.2. The Morgan fingerprint density at radius 2 is 1.71 bits per heavy atom. The molecule has 0 heterocycles. The van der Waals surface area contributed by atoms with Crippen molar-refractivity contribution in [3.63, 3.8) is 0 Å². The number of ether oxygens (including phenoxy) is 1. The highest BCUT2D eigenvalue weighted by Crippen LogP contribution is 2.18. The van der Waals surface area contributed by atoms with E-state index >= 15 is 0 Å². The third-order valence-corrected chi connectivity index (χ3v) is 4.56. The van der Waals surface area contributed by atoms with Crippen molar-refractivity contribution >= 4 is 16.1 Å². The van der Waals surface area contributed by atoms with Crippen LogP contribution >= 0.6 is 0 Å². The first kappa shape index (κ1) is 21.9. The van der Waals surface area contributed by atoms with E-state index in [0.717, 1.165) is 18.4 Å². The summed E-state index contributed by atoms with van der Waals surface area (Å²) in [4.78, 5) is 12.0. The summed E-state index contributed by atoms with van der Waals surface area (Å²) in [7, 11) is -3.54. The summed E-state index contributed by atoms with van der Waals surface area (Å²) in [6, 6.07) is 16.9. The number of rotatable bonds is 11. The van der Waals surface area contributed by atoms with Crippen molar-refractivity contribution in [2.75, 3.05) is 19.4 Å². The summed E-state index contributed by atoms with van der Waals surface area (Å²) in [5.74, 6) is 0.117. The first-order chi connectivity index (χ1) is 13.4. The zero-order valence-electron chi connectivity index (χ0n) is 16.3. The Balaban J connectivity index is 1.96. The summed E-state index contributed by atoms with van der Waals surface area (Å²) < 4.78 is 32.4. The van der Waals surface area contributed by atoms with Crippen LogP contribution < -0.4 is 9.50 Å². The van der Waals surface area contributed by atoms with E-state index in [1.165, 1.54) is 5.56 Å². The van der Waals surface area contributed by atoms with Gasteiger partial charge in [0.05, 0.1) is 12.9 Å². The molecule has 0 aromatic heterocycles. The fraction of sp³-hybridized carbons (Fsp3) is 0.381. The summed E-state index contributed by atoms with van der Waals surface area (Å²) in [6.45, 7) is 3.54. The molecule has 7 heteroatoms. The van der Waals surface area contributed by atoms with E-state index in [1.54, 1.807) is 19.1 Å². The minimum Gasteiger partial charge on any atom is -0.466 e. The fourth-order valence-electron chi connectivity index (χ4n) is 2.88. The molecule has 0 saturated carbocycles. The maximum atomic E-state index is 12.0. The molecule has 152 valence electrons. The van der Waals surface area contributed by atoms with E-state index in [1.807, 2.05) is 42.5 Å². The van der Waals surface area contributed by atoms with Crippen LogP contribution in [0.3, 0.4) is 0 Å². The predicted molar refractivity (Wildman–Crippen MR) is 109 cm³/mol. The second-order valence-electron chi connectivity index (χ2n) is 6.63. The van der Waals surface area contributed by atoms with Crippen LogP contribution in [0.15, 0.2) is 54.6 Å². The monoisotopic (exact) mass is 405 g/mol. The van der Waals surface area contributed by atoms with Gasteiger partial charge in [0.15, 0.2) is 0 Å². The van der Waals surface area contributed by atoms with Gasteiger partial charge in [-0.3, -0.25) is 4.79 Å². The summed E-state index contributed by atoms with van der Waals surface area (Å²) in [5.41, 5.74) is 2.18. The molecule has 1 N–H and O–H groups in total. The van der Waals surface area contributed by atoms with Crippen molar-refractivity contribution in [2.24, 2.45) is 5.92 Å². The number of benzene rings is 2. The van der Waals surface area contributed by atoms with Crippen LogP contribution in [-0.4, -0.2) is 33.8 Å². The van der Waals surface area contributed by atoms with Gasteiger partial charge in [-0.05, 0) is 49.1 Å². The first-order valence-corrected chi connectivity index (χ1v) is 11.1. The van der Waals surface area contributed by atoms with Crippen LogP contribution in [0.25, 0.3) is 0 Å². The largest absolute Gasteiger partial charge is 0.466 e. The number of hydrogen-bond acceptors (Lipinski definition) is 6. The van der Waals surface area contributed by atoms with Crippen LogP contribution in [0.2, 0.25) is 0 Å². The molecule has 1 unspecified atom stereocenters. The van der Waals surface area contributed by atoms with Crippen LogP contribution in [0.5, 0.6) is 5.75 Å². The molecule has 2 rings (SSSR count). The molecule has 0 saturated heterocycles. The van der Waals surface area contributed by atoms with Gasteiger partial charge in [0.2, 0.25) is 0 Å². The van der Waals surface area contributed by atoms with Crippen molar-refractivity contribution in [1.29, 1.82) is 0 Å². The van der Waals surface area contributed by atoms with Crippen LogP contribution in [-0.2, 0) is 32.6 Å². The minimum absolute atomic E-state index is 0.0597. The molecular weight excluding hydrogens is 378 g/mol. The van der Waals surface area contributed by atoms with E-state index in [-0.39, 0.29) is 17.6 Å². The van der Waals surface area contributed by atoms with Gasteiger partial charge in [0.1, 0.15) is 5.75 Å². The van der Waals surface area contributed by atoms with Crippen molar-refractivity contribution in [3.8, 4) is 5.75 Å². The van der Waals surface area contributed by atoms with E-state index in [2.05, 4.69) is 5.32 Å². The number of carbonyl (C=O) groups is 1. The predicted octanol–water partition coefficient (Wildman–Crippen LogP) is 2.93. The lowest BCUT2D eigenvalue weighted by Gasteiger charge is -2.17. The van der Waals surface area contributed by atoms with Gasteiger partial charge in [-0.25, -0.2) is 0 Å². The van der Waals surface area contributed by atoms with Crippen LogP contribution in [0, 0.1) is 5.92 Å². The lowest BCUT2D eigenvalue weighted by Crippen LogP contribution is -2.26. The van der Waals surface area contributed by atoms with Gasteiger partial charge in [-0.1, -0.05) is 42.5 Å². The van der Waals surface area contributed by atoms with Gasteiger partial charge < -0.3 is 14.2 Å². The highest BCUT2D eigenvalue weighted by molar-refractivity contribution is 7.86. The third kappa shape index (κ3) is 8.54. The Morgan fingerprint density at radius 1 is 1.04 bits per heavy atom. The number of esters is 1. The molecule has 28 heavy (non-hydrogen) atoms. The normalized spacial score (nSPS) is 12.4. The summed E-state index contributed by atoms with van der Waals surface area (Å²) >= 11 is 0. The average Bonchev–Trinajstić information content (AvgIpc) is 2.63. The van der Waals surface area contributed by atoms with Gasteiger partial charge in [-0.15, -0.1) is 0 Å². The zero-order valence-corrected chi connectivity index (χ0v) is 17.1. The molecule has 0 aliphatic heterocycles. The van der Waals surface area contributed by atoms with Gasteiger partial charge in [-0.2, -0.15) is 8.42 Å². The third-order valence-electron chi connectivity index (χ3n) is 4.06. The van der Waals surface area contributed by atoms with Crippen LogP contribution in [0.1, 0.15) is 24.5 Å². The number of carbonyl (C=O) groups excluding carboxylic acids is 1. The maximum absolute atomic E-state index is 12.0. The molecule has 0 aliphatic rings. The van der Waals surface area contributed by atoms with Crippen molar-refractivity contribution in [3.05, 3.63) is 65.7 Å². The number of nitrogens with one attached hydrogen (secondary N) is 1. The van der Waals surface area contributed by atoms with Crippen molar-refractivity contribution in [2.45, 2.75) is 26.3 Å². The SMILES string of the molecule is CCOC(=O)CC(CNCc1ccccc1)Cc1ccc(OS(C)(=O)=O)cc1. The molecule has 0 radical (unpaired) electrons.